The number of urea groups is 1. The zero-order valence-corrected chi connectivity index (χ0v) is 11.9. The van der Waals surface area contributed by atoms with Crippen LogP contribution in [-0.2, 0) is 10.2 Å². The number of carboxylic acid groups (broad SMARTS) is 1. The zero-order valence-electron chi connectivity index (χ0n) is 11.9. The highest BCUT2D eigenvalue weighted by Gasteiger charge is 2.29. The fourth-order valence-electron chi connectivity index (χ4n) is 1.53. The number of carboxylic acids is 1. The monoisotopic (exact) mass is 276 g/mol. The van der Waals surface area contributed by atoms with Gasteiger partial charge >= 0.3 is 12.0 Å². The van der Waals surface area contributed by atoms with Crippen molar-refractivity contribution in [3.05, 3.63) is 42.5 Å². The van der Waals surface area contributed by atoms with Gasteiger partial charge in [-0.25, -0.2) is 4.79 Å². The van der Waals surface area contributed by atoms with Crippen LogP contribution in [0.4, 0.5) is 10.5 Å². The molecule has 5 heteroatoms. The maximum Gasteiger partial charge on any atom is 0.319 e. The van der Waals surface area contributed by atoms with Gasteiger partial charge < -0.3 is 15.7 Å². The molecule has 0 aliphatic carbocycles. The van der Waals surface area contributed by atoms with Gasteiger partial charge in [-0.2, -0.15) is 0 Å². The number of anilines is 1. The summed E-state index contributed by atoms with van der Waals surface area (Å²) in [7, 11) is 0. The SMILES string of the molecule is C=CC(C)NC(=O)Nc1ccc(C(C)(C)C(=O)O)cc1. The predicted molar refractivity (Wildman–Crippen MR) is 78.9 cm³/mol. The second kappa shape index (κ2) is 6.23. The van der Waals surface area contributed by atoms with Gasteiger partial charge in [0.05, 0.1) is 5.41 Å². The summed E-state index contributed by atoms with van der Waals surface area (Å²) in [6.07, 6.45) is 1.62. The lowest BCUT2D eigenvalue weighted by molar-refractivity contribution is -0.142. The van der Waals surface area contributed by atoms with Gasteiger partial charge in [-0.1, -0.05) is 18.2 Å². The van der Waals surface area contributed by atoms with E-state index in [1.165, 1.54) is 0 Å². The first-order chi connectivity index (χ1) is 9.27. The maximum absolute atomic E-state index is 11.6. The molecule has 0 bridgehead atoms. The number of hydrogen-bond donors (Lipinski definition) is 3. The van der Waals surface area contributed by atoms with Gasteiger partial charge in [0.2, 0.25) is 0 Å². The van der Waals surface area contributed by atoms with Crippen LogP contribution in [-0.4, -0.2) is 23.1 Å². The van der Waals surface area contributed by atoms with Crippen molar-refractivity contribution in [2.75, 3.05) is 5.32 Å². The van der Waals surface area contributed by atoms with Crippen LogP contribution in [0.2, 0.25) is 0 Å². The van der Waals surface area contributed by atoms with Crippen molar-refractivity contribution in [2.45, 2.75) is 32.2 Å². The van der Waals surface area contributed by atoms with Crippen molar-refractivity contribution in [3.63, 3.8) is 0 Å². The number of carbonyl (C=O) groups is 2. The Labute approximate surface area is 118 Å². The molecule has 0 spiro atoms. The van der Waals surface area contributed by atoms with Crippen molar-refractivity contribution in [1.29, 1.82) is 0 Å². The van der Waals surface area contributed by atoms with Gasteiger partial charge in [-0.05, 0) is 38.5 Å². The van der Waals surface area contributed by atoms with Gasteiger partial charge in [-0.15, -0.1) is 6.58 Å². The molecule has 2 amide bonds. The molecular formula is C15H20N2O3. The summed E-state index contributed by atoms with van der Waals surface area (Å²) < 4.78 is 0. The lowest BCUT2D eigenvalue weighted by atomic mass is 9.85. The van der Waals surface area contributed by atoms with E-state index in [0.717, 1.165) is 0 Å². The smallest absolute Gasteiger partial charge is 0.319 e. The second-order valence-corrected chi connectivity index (χ2v) is 5.13. The Bertz CT molecular complexity index is 506. The molecule has 1 unspecified atom stereocenters. The molecule has 1 rings (SSSR count). The molecule has 0 aromatic heterocycles. The van der Waals surface area contributed by atoms with Crippen LogP contribution >= 0.6 is 0 Å². The summed E-state index contributed by atoms with van der Waals surface area (Å²) in [5, 5.41) is 14.5. The summed E-state index contributed by atoms with van der Waals surface area (Å²) in [6.45, 7) is 8.66. The normalized spacial score (nSPS) is 12.3. The van der Waals surface area contributed by atoms with Crippen molar-refractivity contribution in [1.82, 2.24) is 5.32 Å². The summed E-state index contributed by atoms with van der Waals surface area (Å²) >= 11 is 0. The number of carbonyl (C=O) groups excluding carboxylic acids is 1. The minimum Gasteiger partial charge on any atom is -0.481 e. The first-order valence-electron chi connectivity index (χ1n) is 6.31. The fourth-order valence-corrected chi connectivity index (χ4v) is 1.53. The maximum atomic E-state index is 11.6. The molecule has 0 heterocycles. The predicted octanol–water partition coefficient (Wildman–Crippen LogP) is 2.74. The van der Waals surface area contributed by atoms with Crippen LogP contribution in [0.5, 0.6) is 0 Å². The standard InChI is InChI=1S/C15H20N2O3/c1-5-10(2)16-14(20)17-12-8-6-11(7-9-12)15(3,4)13(18)19/h5-10H,1H2,2-4H3,(H,18,19)(H2,16,17,20). The lowest BCUT2D eigenvalue weighted by Crippen LogP contribution is -2.34. The van der Waals surface area contributed by atoms with Gasteiger partial charge in [0.1, 0.15) is 0 Å². The summed E-state index contributed by atoms with van der Waals surface area (Å²) in [4.78, 5) is 22.8. The lowest BCUT2D eigenvalue weighted by Gasteiger charge is -2.20. The number of hydrogen-bond acceptors (Lipinski definition) is 2. The molecule has 0 saturated carbocycles. The number of nitrogens with one attached hydrogen (secondary N) is 2. The highest BCUT2D eigenvalue weighted by atomic mass is 16.4. The van der Waals surface area contributed by atoms with Crippen molar-refractivity contribution in [3.8, 4) is 0 Å². The second-order valence-electron chi connectivity index (χ2n) is 5.13. The Morgan fingerprint density at radius 1 is 1.30 bits per heavy atom. The Hall–Kier alpha value is -2.30. The first-order valence-corrected chi connectivity index (χ1v) is 6.31. The quantitative estimate of drug-likeness (QED) is 0.723. The molecule has 0 aliphatic heterocycles. The molecule has 3 N–H and O–H groups in total. The molecule has 20 heavy (non-hydrogen) atoms. The van der Waals surface area contributed by atoms with Gasteiger partial charge in [-0.3, -0.25) is 4.79 Å². The van der Waals surface area contributed by atoms with Gasteiger partial charge in [0.15, 0.2) is 0 Å². The summed E-state index contributed by atoms with van der Waals surface area (Å²) in [6, 6.07) is 6.29. The van der Waals surface area contributed by atoms with E-state index in [1.54, 1.807) is 44.2 Å². The zero-order chi connectivity index (χ0) is 15.3. The molecule has 5 nitrogen and oxygen atoms in total. The number of rotatable bonds is 5. The molecule has 0 saturated heterocycles. The van der Waals surface area contributed by atoms with Crippen LogP contribution in [0.15, 0.2) is 36.9 Å². The summed E-state index contributed by atoms with van der Waals surface area (Å²) in [5.41, 5.74) is 0.317. The number of aliphatic carboxylic acids is 1. The minimum absolute atomic E-state index is 0.125. The van der Waals surface area contributed by atoms with E-state index >= 15 is 0 Å². The molecule has 1 aromatic carbocycles. The van der Waals surface area contributed by atoms with E-state index < -0.39 is 11.4 Å². The van der Waals surface area contributed by atoms with Crippen LogP contribution in [0.1, 0.15) is 26.3 Å². The third-order valence-electron chi connectivity index (χ3n) is 3.11. The number of amides is 2. The van der Waals surface area contributed by atoms with Crippen molar-refractivity contribution >= 4 is 17.7 Å². The highest BCUT2D eigenvalue weighted by molar-refractivity contribution is 5.89. The van der Waals surface area contributed by atoms with Gasteiger partial charge in [0, 0.05) is 11.7 Å². The Morgan fingerprint density at radius 3 is 2.30 bits per heavy atom. The molecule has 0 aliphatic rings. The van der Waals surface area contributed by atoms with Crippen molar-refractivity contribution in [2.24, 2.45) is 0 Å². The van der Waals surface area contributed by atoms with Crippen LogP contribution in [0.3, 0.4) is 0 Å². The topological polar surface area (TPSA) is 78.4 Å². The van der Waals surface area contributed by atoms with E-state index in [1.807, 2.05) is 6.92 Å². The third-order valence-corrected chi connectivity index (χ3v) is 3.11. The largest absolute Gasteiger partial charge is 0.481 e. The molecule has 0 radical (unpaired) electrons. The Morgan fingerprint density at radius 2 is 1.85 bits per heavy atom. The van der Waals surface area contributed by atoms with Crippen LogP contribution in [0.25, 0.3) is 0 Å². The Balaban J connectivity index is 2.75. The molecular weight excluding hydrogens is 256 g/mol. The molecule has 0 fully saturated rings. The van der Waals surface area contributed by atoms with E-state index in [2.05, 4.69) is 17.2 Å². The molecule has 108 valence electrons. The van der Waals surface area contributed by atoms with Gasteiger partial charge in [0.25, 0.3) is 0 Å². The van der Waals surface area contributed by atoms with Crippen LogP contribution < -0.4 is 10.6 Å². The minimum atomic E-state index is -0.960. The highest BCUT2D eigenvalue weighted by Crippen LogP contribution is 2.24. The summed E-state index contributed by atoms with van der Waals surface area (Å²) in [5.74, 6) is -0.893. The number of benzene rings is 1. The van der Waals surface area contributed by atoms with E-state index in [-0.39, 0.29) is 12.1 Å². The van der Waals surface area contributed by atoms with E-state index in [9.17, 15) is 9.59 Å². The van der Waals surface area contributed by atoms with E-state index in [0.29, 0.717) is 11.3 Å². The first kappa shape index (κ1) is 15.8. The van der Waals surface area contributed by atoms with Crippen molar-refractivity contribution < 1.29 is 14.7 Å². The fraction of sp³-hybridized carbons (Fsp3) is 0.333. The molecule has 1 atom stereocenters. The van der Waals surface area contributed by atoms with Crippen LogP contribution in [0, 0.1) is 0 Å². The molecule has 1 aromatic rings. The van der Waals surface area contributed by atoms with E-state index in [4.69, 9.17) is 5.11 Å². The average molecular weight is 276 g/mol. The Kier molecular flexibility index (Phi) is 4.91. The average Bonchev–Trinajstić information content (AvgIpc) is 2.38. The third kappa shape index (κ3) is 3.85.